The van der Waals surface area contributed by atoms with E-state index in [2.05, 4.69) is 56.0 Å². The van der Waals surface area contributed by atoms with Gasteiger partial charge in [0.25, 0.3) is 0 Å². The molecule has 2 aromatic rings. The lowest BCUT2D eigenvalue weighted by atomic mass is 10.2. The first kappa shape index (κ1) is 16.7. The van der Waals surface area contributed by atoms with Crippen molar-refractivity contribution in [2.24, 2.45) is 0 Å². The highest BCUT2D eigenvalue weighted by Gasteiger charge is 2.23. The maximum Gasteiger partial charge on any atom is 0.128 e. The van der Waals surface area contributed by atoms with Crippen LogP contribution in [0.1, 0.15) is 19.4 Å². The average Bonchev–Trinajstić information content (AvgIpc) is 2.56. The molecule has 2 atom stereocenters. The Kier molecular flexibility index (Phi) is 4.97. The number of morpholine rings is 1. The van der Waals surface area contributed by atoms with Crippen LogP contribution in [-0.2, 0) is 4.74 Å². The molecule has 0 aromatic carbocycles. The van der Waals surface area contributed by atoms with Crippen molar-refractivity contribution in [2.75, 3.05) is 23.3 Å². The maximum atomic E-state index is 9.20. The predicted octanol–water partition coefficient (Wildman–Crippen LogP) is 3.47. The summed E-state index contributed by atoms with van der Waals surface area (Å²) in [6.07, 6.45) is 5.35. The van der Waals surface area contributed by atoms with Crippen molar-refractivity contribution in [3.8, 4) is 6.07 Å². The van der Waals surface area contributed by atoms with Crippen LogP contribution in [0.3, 0.4) is 0 Å². The summed E-state index contributed by atoms with van der Waals surface area (Å²) in [5, 5.41) is 12.4. The highest BCUT2D eigenvalue weighted by Crippen LogP contribution is 2.28. The van der Waals surface area contributed by atoms with Crippen LogP contribution >= 0.6 is 15.9 Å². The summed E-state index contributed by atoms with van der Waals surface area (Å²) in [6.45, 7) is 5.81. The van der Waals surface area contributed by atoms with E-state index in [1.807, 2.05) is 12.1 Å². The van der Waals surface area contributed by atoms with Crippen molar-refractivity contribution >= 4 is 33.1 Å². The topological polar surface area (TPSA) is 74.1 Å². The van der Waals surface area contributed by atoms with E-state index >= 15 is 0 Å². The highest BCUT2D eigenvalue weighted by molar-refractivity contribution is 9.10. The number of hydrogen-bond acceptors (Lipinski definition) is 6. The molecule has 0 radical (unpaired) electrons. The lowest BCUT2D eigenvalue weighted by Crippen LogP contribution is -2.45. The van der Waals surface area contributed by atoms with Gasteiger partial charge < -0.3 is 15.0 Å². The Morgan fingerprint density at radius 1 is 1.25 bits per heavy atom. The van der Waals surface area contributed by atoms with E-state index in [9.17, 15) is 5.26 Å². The molecule has 0 spiro atoms. The summed E-state index contributed by atoms with van der Waals surface area (Å²) in [5.41, 5.74) is 1.98. The number of nitriles is 1. The first-order valence-electron chi connectivity index (χ1n) is 7.74. The highest BCUT2D eigenvalue weighted by atomic mass is 79.9. The molecule has 2 aromatic heterocycles. The molecule has 0 bridgehead atoms. The Morgan fingerprint density at radius 2 is 2.00 bits per heavy atom. The Hall–Kier alpha value is -2.17. The maximum absolute atomic E-state index is 9.20. The minimum absolute atomic E-state index is 0.194. The van der Waals surface area contributed by atoms with Crippen LogP contribution in [0, 0.1) is 11.3 Å². The molecule has 1 N–H and O–H groups in total. The second-order valence-corrected chi connectivity index (χ2v) is 6.70. The Morgan fingerprint density at radius 3 is 2.62 bits per heavy atom. The molecule has 1 aliphatic rings. The van der Waals surface area contributed by atoms with Gasteiger partial charge in [-0.1, -0.05) is 0 Å². The van der Waals surface area contributed by atoms with Gasteiger partial charge in [0, 0.05) is 25.5 Å². The molecule has 3 rings (SSSR count). The molecule has 7 heteroatoms. The van der Waals surface area contributed by atoms with Crippen LogP contribution < -0.4 is 10.2 Å². The largest absolute Gasteiger partial charge is 0.372 e. The first-order chi connectivity index (χ1) is 11.6. The summed E-state index contributed by atoms with van der Waals surface area (Å²) < 4.78 is 6.49. The summed E-state index contributed by atoms with van der Waals surface area (Å²) >= 11 is 3.42. The monoisotopic (exact) mass is 387 g/mol. The fraction of sp³-hybridized carbons (Fsp3) is 0.353. The standard InChI is InChI=1S/C17H18BrN5O/c1-11-9-23(10-12(2)24-11)16-4-3-14(7-21-16)22-17-13(5-19)6-20-8-15(17)18/h3-4,6-8,11-12H,9-10H2,1-2H3,(H,20,22). The minimum atomic E-state index is 0.194. The number of nitrogens with one attached hydrogen (secondary N) is 1. The van der Waals surface area contributed by atoms with Crippen LogP contribution in [0.4, 0.5) is 17.2 Å². The van der Waals surface area contributed by atoms with Gasteiger partial charge in [-0.15, -0.1) is 0 Å². The number of anilines is 3. The normalized spacial score (nSPS) is 20.5. The average molecular weight is 388 g/mol. The smallest absolute Gasteiger partial charge is 0.128 e. The number of aromatic nitrogens is 2. The fourth-order valence-electron chi connectivity index (χ4n) is 2.80. The molecular formula is C17H18BrN5O. The zero-order chi connectivity index (χ0) is 17.1. The van der Waals surface area contributed by atoms with Crippen molar-refractivity contribution in [3.05, 3.63) is 40.8 Å². The van der Waals surface area contributed by atoms with Gasteiger partial charge in [0.15, 0.2) is 0 Å². The molecule has 0 aliphatic carbocycles. The van der Waals surface area contributed by atoms with E-state index < -0.39 is 0 Å². The molecule has 0 amide bonds. The Labute approximate surface area is 149 Å². The van der Waals surface area contributed by atoms with Crippen molar-refractivity contribution in [1.82, 2.24) is 9.97 Å². The van der Waals surface area contributed by atoms with Gasteiger partial charge >= 0.3 is 0 Å². The molecule has 1 saturated heterocycles. The Balaban J connectivity index is 1.77. The van der Waals surface area contributed by atoms with Crippen LogP contribution in [0.15, 0.2) is 35.2 Å². The van der Waals surface area contributed by atoms with E-state index in [1.165, 1.54) is 6.20 Å². The van der Waals surface area contributed by atoms with Gasteiger partial charge in [0.05, 0.1) is 39.8 Å². The molecule has 24 heavy (non-hydrogen) atoms. The zero-order valence-corrected chi connectivity index (χ0v) is 15.1. The molecular weight excluding hydrogens is 370 g/mol. The molecule has 6 nitrogen and oxygen atoms in total. The number of nitrogens with zero attached hydrogens (tertiary/aromatic N) is 4. The van der Waals surface area contributed by atoms with E-state index in [0.29, 0.717) is 11.3 Å². The zero-order valence-electron chi connectivity index (χ0n) is 13.5. The van der Waals surface area contributed by atoms with Crippen molar-refractivity contribution in [2.45, 2.75) is 26.1 Å². The Bertz CT molecular complexity index is 749. The number of pyridine rings is 2. The van der Waals surface area contributed by atoms with Gasteiger partial charge in [0.1, 0.15) is 11.9 Å². The van der Waals surface area contributed by atoms with Crippen LogP contribution in [-0.4, -0.2) is 35.3 Å². The molecule has 124 valence electrons. The van der Waals surface area contributed by atoms with Gasteiger partial charge in [0.2, 0.25) is 0 Å². The first-order valence-corrected chi connectivity index (χ1v) is 8.53. The van der Waals surface area contributed by atoms with Gasteiger partial charge in [-0.2, -0.15) is 5.26 Å². The van der Waals surface area contributed by atoms with Crippen molar-refractivity contribution in [3.63, 3.8) is 0 Å². The third-order valence-electron chi connectivity index (χ3n) is 3.78. The number of hydrogen-bond donors (Lipinski definition) is 1. The van der Waals surface area contributed by atoms with E-state index in [-0.39, 0.29) is 12.2 Å². The van der Waals surface area contributed by atoms with Gasteiger partial charge in [-0.25, -0.2) is 4.98 Å². The second-order valence-electron chi connectivity index (χ2n) is 5.85. The van der Waals surface area contributed by atoms with Crippen LogP contribution in [0.2, 0.25) is 0 Å². The van der Waals surface area contributed by atoms with Crippen LogP contribution in [0.5, 0.6) is 0 Å². The fourth-order valence-corrected chi connectivity index (χ4v) is 3.23. The van der Waals surface area contributed by atoms with Gasteiger partial charge in [-0.05, 0) is 41.9 Å². The SMILES string of the molecule is CC1CN(c2ccc(Nc3c(Br)cncc3C#N)cn2)CC(C)O1. The number of ether oxygens (including phenoxy) is 1. The number of halogens is 1. The molecule has 1 fully saturated rings. The van der Waals surface area contributed by atoms with E-state index in [0.717, 1.165) is 29.1 Å². The van der Waals surface area contributed by atoms with Crippen LogP contribution in [0.25, 0.3) is 0 Å². The summed E-state index contributed by atoms with van der Waals surface area (Å²) in [4.78, 5) is 10.8. The van der Waals surface area contributed by atoms with E-state index in [1.54, 1.807) is 12.4 Å². The molecule has 1 aliphatic heterocycles. The summed E-state index contributed by atoms with van der Waals surface area (Å²) in [5.74, 6) is 0.928. The quantitative estimate of drug-likeness (QED) is 0.868. The third-order valence-corrected chi connectivity index (χ3v) is 4.38. The second kappa shape index (κ2) is 7.16. The van der Waals surface area contributed by atoms with E-state index in [4.69, 9.17) is 4.74 Å². The lowest BCUT2D eigenvalue weighted by molar-refractivity contribution is -0.00545. The number of rotatable bonds is 3. The minimum Gasteiger partial charge on any atom is -0.372 e. The molecule has 2 unspecified atom stereocenters. The van der Waals surface area contributed by atoms with Crippen molar-refractivity contribution < 1.29 is 4.74 Å². The predicted molar refractivity (Wildman–Crippen MR) is 96.4 cm³/mol. The summed E-state index contributed by atoms with van der Waals surface area (Å²) in [7, 11) is 0. The molecule has 3 heterocycles. The summed E-state index contributed by atoms with van der Waals surface area (Å²) in [6, 6.07) is 6.07. The molecule has 0 saturated carbocycles. The van der Waals surface area contributed by atoms with Crippen molar-refractivity contribution in [1.29, 1.82) is 5.26 Å². The lowest BCUT2D eigenvalue weighted by Gasteiger charge is -2.36. The third kappa shape index (κ3) is 3.66. The van der Waals surface area contributed by atoms with Gasteiger partial charge in [-0.3, -0.25) is 4.98 Å².